The zero-order valence-corrected chi connectivity index (χ0v) is 14.5. The largest absolute Gasteiger partial charge is 0.294 e. The van der Waals surface area contributed by atoms with Gasteiger partial charge in [-0.1, -0.05) is 18.2 Å². The molecule has 0 saturated carbocycles. The van der Waals surface area contributed by atoms with Gasteiger partial charge in [-0.2, -0.15) is 5.10 Å². The van der Waals surface area contributed by atoms with Crippen LogP contribution in [0.15, 0.2) is 59.8 Å². The molecule has 0 radical (unpaired) electrons. The predicted molar refractivity (Wildman–Crippen MR) is 98.1 cm³/mol. The minimum Gasteiger partial charge on any atom is -0.294 e. The number of benzene rings is 2. The first-order valence-corrected chi connectivity index (χ1v) is 8.28. The lowest BCUT2D eigenvalue weighted by atomic mass is 10.1. The molecule has 0 saturated heterocycles. The number of rotatable bonds is 3. The van der Waals surface area contributed by atoms with Crippen LogP contribution in [0.4, 0.5) is 4.39 Å². The number of hydrogen-bond acceptors (Lipinski definition) is 3. The molecule has 26 heavy (non-hydrogen) atoms. The van der Waals surface area contributed by atoms with Gasteiger partial charge in [-0.25, -0.2) is 14.1 Å². The summed E-state index contributed by atoms with van der Waals surface area (Å²) < 4.78 is 16.2. The van der Waals surface area contributed by atoms with Crippen LogP contribution in [-0.4, -0.2) is 19.3 Å². The van der Waals surface area contributed by atoms with Gasteiger partial charge in [0.15, 0.2) is 5.65 Å². The van der Waals surface area contributed by atoms with Crippen LogP contribution in [0.2, 0.25) is 0 Å². The van der Waals surface area contributed by atoms with Crippen molar-refractivity contribution in [3.05, 3.63) is 87.9 Å². The van der Waals surface area contributed by atoms with E-state index in [1.807, 2.05) is 32.0 Å². The highest BCUT2D eigenvalue weighted by atomic mass is 19.1. The van der Waals surface area contributed by atoms with Crippen LogP contribution in [0.5, 0.6) is 0 Å². The van der Waals surface area contributed by atoms with Gasteiger partial charge in [-0.3, -0.25) is 9.36 Å². The van der Waals surface area contributed by atoms with E-state index in [1.54, 1.807) is 23.0 Å². The molecule has 0 bridgehead atoms. The molecule has 0 amide bonds. The number of nitrogens with zero attached hydrogens (tertiary/aromatic N) is 4. The zero-order valence-electron chi connectivity index (χ0n) is 14.5. The number of fused-ring (bicyclic) bond motifs is 1. The van der Waals surface area contributed by atoms with E-state index < -0.39 is 0 Å². The van der Waals surface area contributed by atoms with Crippen LogP contribution in [-0.2, 0) is 6.54 Å². The van der Waals surface area contributed by atoms with Gasteiger partial charge in [0.25, 0.3) is 5.56 Å². The smallest absolute Gasteiger partial charge is 0.264 e. The van der Waals surface area contributed by atoms with Crippen molar-refractivity contribution < 1.29 is 4.39 Å². The first kappa shape index (κ1) is 16.2. The minimum atomic E-state index is -0.302. The average Bonchev–Trinajstić information content (AvgIpc) is 3.06. The van der Waals surface area contributed by atoms with E-state index >= 15 is 0 Å². The molecule has 0 aliphatic rings. The van der Waals surface area contributed by atoms with Crippen LogP contribution in [0.1, 0.15) is 16.7 Å². The second kappa shape index (κ2) is 6.22. The van der Waals surface area contributed by atoms with Crippen molar-refractivity contribution in [3.63, 3.8) is 0 Å². The van der Waals surface area contributed by atoms with E-state index in [9.17, 15) is 9.18 Å². The Hall–Kier alpha value is -3.28. The van der Waals surface area contributed by atoms with Crippen molar-refractivity contribution >= 4 is 11.0 Å². The second-order valence-electron chi connectivity index (χ2n) is 6.37. The summed E-state index contributed by atoms with van der Waals surface area (Å²) in [6.07, 6.45) is 3.05. The Balaban J connectivity index is 1.76. The highest BCUT2D eigenvalue weighted by Crippen LogP contribution is 2.17. The fourth-order valence-electron chi connectivity index (χ4n) is 2.89. The van der Waals surface area contributed by atoms with Crippen molar-refractivity contribution in [2.24, 2.45) is 0 Å². The Kier molecular flexibility index (Phi) is 3.88. The molecule has 0 spiro atoms. The summed E-state index contributed by atoms with van der Waals surface area (Å²) in [4.78, 5) is 17.2. The third-order valence-corrected chi connectivity index (χ3v) is 4.56. The molecule has 0 atom stereocenters. The van der Waals surface area contributed by atoms with Crippen LogP contribution >= 0.6 is 0 Å². The molecular weight excluding hydrogens is 331 g/mol. The first-order valence-electron chi connectivity index (χ1n) is 8.28. The third kappa shape index (κ3) is 2.79. The maximum absolute atomic E-state index is 13.0. The highest BCUT2D eigenvalue weighted by Gasteiger charge is 2.12. The van der Waals surface area contributed by atoms with E-state index in [-0.39, 0.29) is 11.4 Å². The molecular formula is C20H17FN4O. The fraction of sp³-hybridized carbons (Fsp3) is 0.150. The number of aryl methyl sites for hydroxylation is 2. The van der Waals surface area contributed by atoms with Crippen LogP contribution < -0.4 is 5.56 Å². The molecule has 0 fully saturated rings. The lowest BCUT2D eigenvalue weighted by Gasteiger charge is -2.08. The van der Waals surface area contributed by atoms with Gasteiger partial charge in [0.1, 0.15) is 17.5 Å². The van der Waals surface area contributed by atoms with Gasteiger partial charge in [0, 0.05) is 0 Å². The average molecular weight is 348 g/mol. The monoisotopic (exact) mass is 348 g/mol. The molecule has 0 aliphatic carbocycles. The Morgan fingerprint density at radius 1 is 1.04 bits per heavy atom. The maximum atomic E-state index is 13.0. The van der Waals surface area contributed by atoms with Crippen LogP contribution in [0.25, 0.3) is 16.7 Å². The summed E-state index contributed by atoms with van der Waals surface area (Å²) in [6.45, 7) is 4.41. The van der Waals surface area contributed by atoms with Crippen molar-refractivity contribution in [2.45, 2.75) is 20.4 Å². The number of halogens is 1. The van der Waals surface area contributed by atoms with Gasteiger partial charge < -0.3 is 0 Å². The fourth-order valence-corrected chi connectivity index (χ4v) is 2.89. The van der Waals surface area contributed by atoms with E-state index in [0.717, 1.165) is 16.8 Å². The Bertz CT molecular complexity index is 1160. The second-order valence-corrected chi connectivity index (χ2v) is 6.37. The standard InChI is InChI=1S/C20H17FN4O/c1-13-3-8-17(9-14(13)2)25-19-18(10-23-25)20(26)24(12-22-19)11-15-4-6-16(21)7-5-15/h3-10,12H,11H2,1-2H3. The Morgan fingerprint density at radius 3 is 2.54 bits per heavy atom. The summed E-state index contributed by atoms with van der Waals surface area (Å²) in [6, 6.07) is 12.1. The van der Waals surface area contributed by atoms with E-state index in [4.69, 9.17) is 0 Å². The van der Waals surface area contributed by atoms with Gasteiger partial charge in [-0.05, 0) is 54.8 Å². The molecule has 2 heterocycles. The summed E-state index contributed by atoms with van der Waals surface area (Å²) in [5, 5.41) is 4.80. The number of hydrogen-bond donors (Lipinski definition) is 0. The maximum Gasteiger partial charge on any atom is 0.264 e. The predicted octanol–water partition coefficient (Wildman–Crippen LogP) is 3.39. The molecule has 4 rings (SSSR count). The zero-order chi connectivity index (χ0) is 18.3. The van der Waals surface area contributed by atoms with Gasteiger partial charge >= 0.3 is 0 Å². The Labute approximate surface area is 149 Å². The van der Waals surface area contributed by atoms with Crippen LogP contribution in [0.3, 0.4) is 0 Å². The molecule has 0 N–H and O–H groups in total. The SMILES string of the molecule is Cc1ccc(-n2ncc3c(=O)n(Cc4ccc(F)cc4)cnc32)cc1C. The number of aromatic nitrogens is 4. The molecule has 4 aromatic rings. The van der Waals surface area contributed by atoms with Crippen LogP contribution in [0, 0.1) is 19.7 Å². The van der Waals surface area contributed by atoms with E-state index in [1.165, 1.54) is 28.6 Å². The molecule has 5 nitrogen and oxygen atoms in total. The molecule has 130 valence electrons. The Morgan fingerprint density at radius 2 is 1.81 bits per heavy atom. The lowest BCUT2D eigenvalue weighted by Crippen LogP contribution is -2.21. The van der Waals surface area contributed by atoms with Crippen molar-refractivity contribution in [1.82, 2.24) is 19.3 Å². The van der Waals surface area contributed by atoms with E-state index in [0.29, 0.717) is 17.6 Å². The molecule has 2 aromatic heterocycles. The minimum absolute atomic E-state index is 0.172. The molecule has 2 aromatic carbocycles. The molecule has 6 heteroatoms. The topological polar surface area (TPSA) is 52.7 Å². The van der Waals surface area contributed by atoms with Gasteiger partial charge in [-0.15, -0.1) is 0 Å². The highest BCUT2D eigenvalue weighted by molar-refractivity contribution is 5.75. The normalized spacial score (nSPS) is 11.2. The van der Waals surface area contributed by atoms with Crippen molar-refractivity contribution in [1.29, 1.82) is 0 Å². The van der Waals surface area contributed by atoms with E-state index in [2.05, 4.69) is 10.1 Å². The first-order chi connectivity index (χ1) is 12.5. The summed E-state index contributed by atoms with van der Waals surface area (Å²) in [5.74, 6) is -0.302. The van der Waals surface area contributed by atoms with Crippen molar-refractivity contribution in [2.75, 3.05) is 0 Å². The van der Waals surface area contributed by atoms with Gasteiger partial charge in [0.2, 0.25) is 0 Å². The molecule has 0 unspecified atom stereocenters. The lowest BCUT2D eigenvalue weighted by molar-refractivity contribution is 0.626. The summed E-state index contributed by atoms with van der Waals surface area (Å²) in [5.41, 5.74) is 4.39. The summed E-state index contributed by atoms with van der Waals surface area (Å²) in [7, 11) is 0. The van der Waals surface area contributed by atoms with Crippen molar-refractivity contribution in [3.8, 4) is 5.69 Å². The summed E-state index contributed by atoms with van der Waals surface area (Å²) >= 11 is 0. The molecule has 0 aliphatic heterocycles. The quantitative estimate of drug-likeness (QED) is 0.570. The van der Waals surface area contributed by atoms with Gasteiger partial charge in [0.05, 0.1) is 18.4 Å². The third-order valence-electron chi connectivity index (χ3n) is 4.56.